The number of nitrogens with one attached hydrogen (secondary N) is 1. The highest BCUT2D eigenvalue weighted by Crippen LogP contribution is 2.27. The fraction of sp³-hybridized carbons (Fsp3) is 0.667. The molecule has 0 fully saturated rings. The molecule has 2 rings (SSSR count). The third kappa shape index (κ3) is 6.94. The summed E-state index contributed by atoms with van der Waals surface area (Å²) in [6, 6.07) is 5.43. The molecule has 0 aromatic heterocycles. The van der Waals surface area contributed by atoms with E-state index in [0.717, 1.165) is 25.9 Å². The number of ether oxygens (including phenoxy) is 2. The standard InChI is InChI=1S/C24H39N3O4/c1-7-9-23(28)25-19-10-11-20-21(13-19)31-16-18(4)27(12-8-2)14-17(3)22(30-6)15-26(5)24(20)29/h10-11,13,17-18,22H,7-9,12,14-16H2,1-6H3,(H,25,28)/t17-,18+,22-/m1/s1. The van der Waals surface area contributed by atoms with E-state index < -0.39 is 0 Å². The fourth-order valence-electron chi connectivity index (χ4n) is 3.97. The molecule has 0 saturated carbocycles. The summed E-state index contributed by atoms with van der Waals surface area (Å²) in [6.45, 7) is 11.3. The zero-order chi connectivity index (χ0) is 23.0. The zero-order valence-corrected chi connectivity index (χ0v) is 19.9. The second kappa shape index (κ2) is 12.1. The summed E-state index contributed by atoms with van der Waals surface area (Å²) in [5.74, 6) is 0.606. The summed E-state index contributed by atoms with van der Waals surface area (Å²) < 4.78 is 11.9. The van der Waals surface area contributed by atoms with Crippen LogP contribution in [-0.4, -0.2) is 74.2 Å². The Morgan fingerprint density at radius 1 is 1.23 bits per heavy atom. The van der Waals surface area contributed by atoms with Gasteiger partial charge in [-0.2, -0.15) is 0 Å². The first kappa shape index (κ1) is 25.1. The summed E-state index contributed by atoms with van der Waals surface area (Å²) in [4.78, 5) is 29.3. The van der Waals surface area contributed by atoms with E-state index in [4.69, 9.17) is 9.47 Å². The number of hydrogen-bond donors (Lipinski definition) is 1. The minimum Gasteiger partial charge on any atom is -0.491 e. The number of hydrogen-bond acceptors (Lipinski definition) is 5. The molecule has 2 amide bonds. The smallest absolute Gasteiger partial charge is 0.257 e. The number of rotatable bonds is 6. The van der Waals surface area contributed by atoms with E-state index in [1.807, 2.05) is 6.92 Å². The molecule has 1 heterocycles. The Balaban J connectivity index is 2.38. The molecule has 1 N–H and O–H groups in total. The van der Waals surface area contributed by atoms with Crippen molar-refractivity contribution in [2.24, 2.45) is 5.92 Å². The van der Waals surface area contributed by atoms with Crippen LogP contribution in [0.4, 0.5) is 5.69 Å². The van der Waals surface area contributed by atoms with E-state index in [1.165, 1.54) is 0 Å². The van der Waals surface area contributed by atoms with E-state index in [0.29, 0.717) is 36.6 Å². The van der Waals surface area contributed by atoms with Gasteiger partial charge in [0.15, 0.2) is 0 Å². The highest BCUT2D eigenvalue weighted by Gasteiger charge is 2.28. The van der Waals surface area contributed by atoms with E-state index >= 15 is 0 Å². The summed E-state index contributed by atoms with van der Waals surface area (Å²) >= 11 is 0. The van der Waals surface area contributed by atoms with Gasteiger partial charge in [-0.15, -0.1) is 0 Å². The number of likely N-dealkylation sites (N-methyl/N-ethyl adjacent to an activating group) is 1. The molecule has 0 saturated heterocycles. The molecule has 1 aromatic rings. The molecule has 31 heavy (non-hydrogen) atoms. The largest absolute Gasteiger partial charge is 0.491 e. The molecule has 7 nitrogen and oxygen atoms in total. The van der Waals surface area contributed by atoms with Gasteiger partial charge in [-0.05, 0) is 44.4 Å². The molecule has 0 aliphatic carbocycles. The van der Waals surface area contributed by atoms with Gasteiger partial charge in [0, 0.05) is 51.5 Å². The Bertz CT molecular complexity index is 740. The zero-order valence-electron chi connectivity index (χ0n) is 19.9. The third-order valence-corrected chi connectivity index (χ3v) is 5.85. The number of amides is 2. The van der Waals surface area contributed by atoms with E-state index in [-0.39, 0.29) is 29.9 Å². The Morgan fingerprint density at radius 2 is 1.97 bits per heavy atom. The molecule has 0 radical (unpaired) electrons. The normalized spacial score (nSPS) is 23.4. The van der Waals surface area contributed by atoms with Crippen LogP contribution in [0.15, 0.2) is 18.2 Å². The average Bonchev–Trinajstić information content (AvgIpc) is 2.74. The first-order valence-electron chi connectivity index (χ1n) is 11.4. The van der Waals surface area contributed by atoms with Gasteiger partial charge < -0.3 is 19.7 Å². The summed E-state index contributed by atoms with van der Waals surface area (Å²) in [5, 5.41) is 2.89. The van der Waals surface area contributed by atoms with Gasteiger partial charge in [0.1, 0.15) is 12.4 Å². The lowest BCUT2D eigenvalue weighted by Crippen LogP contribution is -2.46. The van der Waals surface area contributed by atoms with Crippen LogP contribution < -0.4 is 10.1 Å². The van der Waals surface area contributed by atoms with Crippen LogP contribution in [0.5, 0.6) is 5.75 Å². The number of fused-ring (bicyclic) bond motifs is 1. The monoisotopic (exact) mass is 433 g/mol. The molecule has 1 aromatic carbocycles. The summed E-state index contributed by atoms with van der Waals surface area (Å²) in [6.07, 6.45) is 2.23. The van der Waals surface area contributed by atoms with Gasteiger partial charge in [-0.3, -0.25) is 14.5 Å². The molecule has 1 aliphatic heterocycles. The van der Waals surface area contributed by atoms with Gasteiger partial charge in [0.05, 0.1) is 11.7 Å². The second-order valence-corrected chi connectivity index (χ2v) is 8.60. The van der Waals surface area contributed by atoms with Crippen LogP contribution in [0.2, 0.25) is 0 Å². The third-order valence-electron chi connectivity index (χ3n) is 5.85. The molecule has 174 valence electrons. The average molecular weight is 434 g/mol. The lowest BCUT2D eigenvalue weighted by atomic mass is 10.0. The Labute approximate surface area is 187 Å². The maximum absolute atomic E-state index is 13.2. The van der Waals surface area contributed by atoms with Gasteiger partial charge in [0.25, 0.3) is 5.91 Å². The van der Waals surface area contributed by atoms with Crippen molar-refractivity contribution in [3.8, 4) is 5.75 Å². The van der Waals surface area contributed by atoms with Crippen LogP contribution in [0, 0.1) is 5.92 Å². The predicted octanol–water partition coefficient (Wildman–Crippen LogP) is 3.64. The van der Waals surface area contributed by atoms with Crippen molar-refractivity contribution in [1.82, 2.24) is 9.80 Å². The Hall–Kier alpha value is -2.12. The summed E-state index contributed by atoms with van der Waals surface area (Å²) in [7, 11) is 3.50. The minimum atomic E-state index is -0.116. The predicted molar refractivity (Wildman–Crippen MR) is 124 cm³/mol. The van der Waals surface area contributed by atoms with E-state index in [9.17, 15) is 9.59 Å². The lowest BCUT2D eigenvalue weighted by Gasteiger charge is -2.35. The van der Waals surface area contributed by atoms with Crippen LogP contribution in [0.1, 0.15) is 57.3 Å². The minimum absolute atomic E-state index is 0.0431. The van der Waals surface area contributed by atoms with Gasteiger partial charge >= 0.3 is 0 Å². The van der Waals surface area contributed by atoms with Crippen molar-refractivity contribution in [2.75, 3.05) is 45.7 Å². The number of methoxy groups -OCH3 is 1. The molecular formula is C24H39N3O4. The van der Waals surface area contributed by atoms with E-state index in [1.54, 1.807) is 37.3 Å². The van der Waals surface area contributed by atoms with Crippen LogP contribution in [-0.2, 0) is 9.53 Å². The van der Waals surface area contributed by atoms with Crippen LogP contribution >= 0.6 is 0 Å². The molecule has 3 atom stereocenters. The molecule has 7 heteroatoms. The highest BCUT2D eigenvalue weighted by atomic mass is 16.5. The van der Waals surface area contributed by atoms with Gasteiger partial charge in [-0.25, -0.2) is 0 Å². The fourth-order valence-corrected chi connectivity index (χ4v) is 3.97. The highest BCUT2D eigenvalue weighted by molar-refractivity contribution is 5.98. The number of benzene rings is 1. The molecular weight excluding hydrogens is 394 g/mol. The van der Waals surface area contributed by atoms with Crippen molar-refractivity contribution in [3.63, 3.8) is 0 Å². The summed E-state index contributed by atoms with van der Waals surface area (Å²) in [5.41, 5.74) is 1.13. The van der Waals surface area contributed by atoms with Crippen molar-refractivity contribution in [1.29, 1.82) is 0 Å². The van der Waals surface area contributed by atoms with Crippen LogP contribution in [0.3, 0.4) is 0 Å². The molecule has 0 unspecified atom stereocenters. The first-order chi connectivity index (χ1) is 14.8. The van der Waals surface area contributed by atoms with E-state index in [2.05, 4.69) is 31.0 Å². The van der Waals surface area contributed by atoms with Gasteiger partial charge in [-0.1, -0.05) is 20.8 Å². The van der Waals surface area contributed by atoms with Crippen LogP contribution in [0.25, 0.3) is 0 Å². The van der Waals surface area contributed by atoms with Crippen molar-refractivity contribution in [3.05, 3.63) is 23.8 Å². The SMILES string of the molecule is CCCC(=O)Nc1ccc2c(c1)OC[C@H](C)N(CCC)C[C@@H](C)[C@H](OC)CN(C)C2=O. The number of carbonyl (C=O) groups is 2. The van der Waals surface area contributed by atoms with Gasteiger partial charge in [0.2, 0.25) is 5.91 Å². The number of anilines is 1. The Kier molecular flexibility index (Phi) is 9.78. The maximum Gasteiger partial charge on any atom is 0.257 e. The number of carbonyl (C=O) groups excluding carboxylic acids is 2. The first-order valence-corrected chi connectivity index (χ1v) is 11.4. The lowest BCUT2D eigenvalue weighted by molar-refractivity contribution is -0.116. The molecule has 0 spiro atoms. The van der Waals surface area contributed by atoms with Crippen molar-refractivity contribution in [2.45, 2.75) is 59.1 Å². The topological polar surface area (TPSA) is 71.1 Å². The second-order valence-electron chi connectivity index (χ2n) is 8.60. The Morgan fingerprint density at radius 3 is 2.61 bits per heavy atom. The quantitative estimate of drug-likeness (QED) is 0.742. The molecule has 0 bridgehead atoms. The van der Waals surface area contributed by atoms with Crippen molar-refractivity contribution >= 4 is 17.5 Å². The number of nitrogens with zero attached hydrogens (tertiary/aromatic N) is 2. The maximum atomic E-state index is 13.2. The molecule has 1 aliphatic rings. The van der Waals surface area contributed by atoms with Crippen molar-refractivity contribution < 1.29 is 19.1 Å².